The molecule has 0 aliphatic carbocycles. The molecule has 0 radical (unpaired) electrons. The van der Waals surface area contributed by atoms with Crippen molar-refractivity contribution < 1.29 is 4.63 Å². The van der Waals surface area contributed by atoms with Gasteiger partial charge >= 0.3 is 5.69 Å². The number of hydrogen-bond donors (Lipinski definition) is 1. The third kappa shape index (κ3) is 3.15. The Hall–Kier alpha value is -2.71. The summed E-state index contributed by atoms with van der Waals surface area (Å²) in [7, 11) is 0. The predicted molar refractivity (Wildman–Crippen MR) is 92.2 cm³/mol. The van der Waals surface area contributed by atoms with Gasteiger partial charge in [0.2, 0.25) is 0 Å². The Labute approximate surface area is 146 Å². The average molecular weight is 362 g/mol. The van der Waals surface area contributed by atoms with Gasteiger partial charge in [0.15, 0.2) is 0 Å². The zero-order valence-corrected chi connectivity index (χ0v) is 13.9. The number of halogens is 1. The lowest BCUT2D eigenvalue weighted by Gasteiger charge is -1.99. The summed E-state index contributed by atoms with van der Waals surface area (Å²) in [4.78, 5) is 13.7. The molecule has 0 unspecified atom stereocenters. The van der Waals surface area contributed by atoms with Crippen LogP contribution in [0.4, 0.5) is 0 Å². The third-order valence-electron chi connectivity index (χ3n) is 3.43. The summed E-state index contributed by atoms with van der Waals surface area (Å²) in [6, 6.07) is 12.1. The maximum atomic E-state index is 11.5. The summed E-state index contributed by atoms with van der Waals surface area (Å²) >= 11 is 1.65. The monoisotopic (exact) mass is 361 g/mol. The minimum Gasteiger partial charge on any atom is -0.276 e. The molecule has 4 rings (SSSR count). The molecule has 0 fully saturated rings. The fourth-order valence-electron chi connectivity index (χ4n) is 2.27. The van der Waals surface area contributed by atoms with Crippen LogP contribution in [-0.2, 0) is 6.54 Å². The van der Waals surface area contributed by atoms with Crippen LogP contribution in [0.3, 0.4) is 0 Å². The molecule has 0 saturated carbocycles. The highest BCUT2D eigenvalue weighted by Gasteiger charge is 2.07. The average Bonchev–Trinajstić information content (AvgIpc) is 3.31. The number of benzene rings is 1. The van der Waals surface area contributed by atoms with E-state index in [1.54, 1.807) is 17.5 Å². The third-order valence-corrected chi connectivity index (χ3v) is 4.55. The van der Waals surface area contributed by atoms with Gasteiger partial charge in [-0.1, -0.05) is 29.4 Å². The molecule has 24 heavy (non-hydrogen) atoms. The molecule has 0 spiro atoms. The highest BCUT2D eigenvalue weighted by atomic mass is 35.5. The molecule has 0 aliphatic rings. The second kappa shape index (κ2) is 6.81. The van der Waals surface area contributed by atoms with Gasteiger partial charge in [0.25, 0.3) is 0 Å². The van der Waals surface area contributed by atoms with Crippen molar-refractivity contribution in [2.45, 2.75) is 6.54 Å². The Morgan fingerprint density at radius 1 is 1.12 bits per heavy atom. The first-order valence-electron chi connectivity index (χ1n) is 6.86. The normalized spacial score (nSPS) is 10.5. The van der Waals surface area contributed by atoms with Crippen LogP contribution in [0.25, 0.3) is 21.7 Å². The van der Waals surface area contributed by atoms with Crippen molar-refractivity contribution in [3.63, 3.8) is 0 Å². The lowest BCUT2D eigenvalue weighted by atomic mass is 10.1. The Kier molecular flexibility index (Phi) is 4.59. The summed E-state index contributed by atoms with van der Waals surface area (Å²) in [5, 5.41) is 13.5. The van der Waals surface area contributed by atoms with E-state index in [-0.39, 0.29) is 18.1 Å². The number of H-pyrrole nitrogens is 1. The van der Waals surface area contributed by atoms with Crippen LogP contribution in [0, 0.1) is 0 Å². The van der Waals surface area contributed by atoms with Gasteiger partial charge in [0.05, 0.1) is 12.7 Å². The quantitative estimate of drug-likeness (QED) is 0.603. The van der Waals surface area contributed by atoms with E-state index >= 15 is 0 Å². The summed E-state index contributed by atoms with van der Waals surface area (Å²) in [6.07, 6.45) is 3.09. The number of hydrogen-bond acceptors (Lipinski definition) is 6. The van der Waals surface area contributed by atoms with Gasteiger partial charge in [0.1, 0.15) is 12.0 Å². The van der Waals surface area contributed by atoms with Gasteiger partial charge in [-0.15, -0.1) is 23.7 Å². The van der Waals surface area contributed by atoms with Crippen molar-refractivity contribution in [1.82, 2.24) is 25.1 Å². The van der Waals surface area contributed by atoms with Crippen molar-refractivity contribution in [2.75, 3.05) is 0 Å². The molecule has 3 aromatic heterocycles. The van der Waals surface area contributed by atoms with Crippen molar-refractivity contribution in [3.05, 3.63) is 64.3 Å². The topological polar surface area (TPSA) is 89.6 Å². The Morgan fingerprint density at radius 3 is 2.58 bits per heavy atom. The second-order valence-electron chi connectivity index (χ2n) is 4.93. The second-order valence-corrected chi connectivity index (χ2v) is 6.09. The summed E-state index contributed by atoms with van der Waals surface area (Å²) in [5.41, 5.74) is 2.57. The van der Waals surface area contributed by atoms with E-state index < -0.39 is 0 Å². The van der Waals surface area contributed by atoms with Gasteiger partial charge in [-0.2, -0.15) is 5.10 Å². The minimum atomic E-state index is -0.203. The lowest BCUT2D eigenvalue weighted by molar-refractivity contribution is 0.308. The Bertz CT molecular complexity index is 972. The van der Waals surface area contributed by atoms with Gasteiger partial charge in [-0.25, -0.2) is 14.5 Å². The van der Waals surface area contributed by atoms with Crippen LogP contribution >= 0.6 is 23.7 Å². The number of rotatable bonds is 4. The van der Waals surface area contributed by atoms with Gasteiger partial charge in [0, 0.05) is 15.3 Å². The van der Waals surface area contributed by atoms with E-state index in [4.69, 9.17) is 0 Å². The van der Waals surface area contributed by atoms with Crippen LogP contribution in [0.2, 0.25) is 0 Å². The Balaban J connectivity index is 0.00000169. The molecule has 0 amide bonds. The molecule has 122 valence electrons. The first kappa shape index (κ1) is 16.2. The van der Waals surface area contributed by atoms with E-state index in [2.05, 4.69) is 31.2 Å². The molecule has 0 saturated heterocycles. The molecule has 0 bridgehead atoms. The van der Waals surface area contributed by atoms with Crippen molar-refractivity contribution in [1.29, 1.82) is 0 Å². The molecular formula is C15H12ClN5O2S. The predicted octanol–water partition coefficient (Wildman–Crippen LogP) is 2.82. The molecule has 0 atom stereocenters. The van der Waals surface area contributed by atoms with Crippen LogP contribution in [0.5, 0.6) is 0 Å². The van der Waals surface area contributed by atoms with E-state index in [0.29, 0.717) is 12.2 Å². The van der Waals surface area contributed by atoms with Gasteiger partial charge < -0.3 is 0 Å². The summed E-state index contributed by atoms with van der Waals surface area (Å²) in [6.45, 7) is 0.517. The van der Waals surface area contributed by atoms with Crippen LogP contribution < -0.4 is 5.69 Å². The summed E-state index contributed by atoms with van der Waals surface area (Å²) in [5.74, 6) is 0. The van der Waals surface area contributed by atoms with E-state index in [1.807, 2.05) is 30.3 Å². The molecule has 1 N–H and O–H groups in total. The van der Waals surface area contributed by atoms with E-state index in [9.17, 15) is 4.79 Å². The maximum Gasteiger partial charge on any atom is 0.343 e. The first-order valence-corrected chi connectivity index (χ1v) is 7.68. The smallest absolute Gasteiger partial charge is 0.276 e. The first-order chi connectivity index (χ1) is 11.3. The molecule has 7 nitrogen and oxygen atoms in total. The van der Waals surface area contributed by atoms with E-state index in [1.165, 1.54) is 10.9 Å². The van der Waals surface area contributed by atoms with Crippen LogP contribution in [0.1, 0.15) is 4.88 Å². The molecule has 4 aromatic rings. The fourth-order valence-corrected chi connectivity index (χ4v) is 3.28. The lowest BCUT2D eigenvalue weighted by Crippen LogP contribution is -2.16. The fraction of sp³-hybridized carbons (Fsp3) is 0.0667. The van der Waals surface area contributed by atoms with Crippen molar-refractivity contribution in [2.24, 2.45) is 0 Å². The SMILES string of the molecule is Cl.O=c1[nH]ncn1Cc1ccc(-c2ccc(-c3cnon3)cc2)s1. The minimum absolute atomic E-state index is 0. The molecule has 9 heteroatoms. The zero-order valence-electron chi connectivity index (χ0n) is 12.2. The van der Waals surface area contributed by atoms with Crippen molar-refractivity contribution in [3.8, 4) is 21.7 Å². The zero-order chi connectivity index (χ0) is 15.6. The number of aromatic amines is 1. The largest absolute Gasteiger partial charge is 0.343 e. The number of aromatic nitrogens is 5. The Morgan fingerprint density at radius 2 is 1.92 bits per heavy atom. The number of nitrogens with zero attached hydrogens (tertiary/aromatic N) is 4. The molecule has 3 heterocycles. The highest BCUT2D eigenvalue weighted by molar-refractivity contribution is 7.15. The van der Waals surface area contributed by atoms with Gasteiger partial charge in [-0.05, 0) is 22.9 Å². The number of nitrogens with one attached hydrogen (secondary N) is 1. The summed E-state index contributed by atoms with van der Waals surface area (Å²) < 4.78 is 6.15. The van der Waals surface area contributed by atoms with Crippen molar-refractivity contribution >= 4 is 23.7 Å². The van der Waals surface area contributed by atoms with E-state index in [0.717, 1.165) is 20.9 Å². The standard InChI is InChI=1S/C15H11N5O2S.ClH/c21-15-18-16-9-20(15)8-12-5-6-14(23-12)11-3-1-10(2-4-11)13-7-17-22-19-13;/h1-7,9H,8H2,(H,18,21);1H. The maximum absolute atomic E-state index is 11.5. The van der Waals surface area contributed by atoms with Gasteiger partial charge in [-0.3, -0.25) is 4.57 Å². The van der Waals surface area contributed by atoms with Crippen LogP contribution in [0.15, 0.2) is 58.3 Å². The highest BCUT2D eigenvalue weighted by Crippen LogP contribution is 2.30. The molecule has 1 aromatic carbocycles. The van der Waals surface area contributed by atoms with Crippen LogP contribution in [-0.4, -0.2) is 25.1 Å². The number of thiophene rings is 1. The molecule has 0 aliphatic heterocycles. The molecular weight excluding hydrogens is 350 g/mol.